The molecule has 2 aromatic rings. The minimum absolute atomic E-state index is 0.0878. The molecule has 0 spiro atoms. The Morgan fingerprint density at radius 2 is 2.10 bits per heavy atom. The third-order valence-electron chi connectivity index (χ3n) is 3.41. The van der Waals surface area contributed by atoms with E-state index in [0.717, 1.165) is 11.1 Å². The van der Waals surface area contributed by atoms with Crippen molar-refractivity contribution in [2.24, 2.45) is 0 Å². The minimum atomic E-state index is -0.937. The van der Waals surface area contributed by atoms with Gasteiger partial charge in [-0.1, -0.05) is 30.3 Å². The summed E-state index contributed by atoms with van der Waals surface area (Å²) >= 11 is 0. The van der Waals surface area contributed by atoms with Crippen LogP contribution in [0.2, 0.25) is 0 Å². The maximum absolute atomic E-state index is 13.5. The summed E-state index contributed by atoms with van der Waals surface area (Å²) in [7, 11) is -0.937. The normalized spacial score (nSPS) is 13.4. The van der Waals surface area contributed by atoms with Crippen LogP contribution in [-0.2, 0) is 17.7 Å². The average molecular weight is 270 g/mol. The van der Waals surface area contributed by atoms with Crippen molar-refractivity contribution in [3.8, 4) is 0 Å². The lowest BCUT2D eigenvalue weighted by Gasteiger charge is -2.05. The molecule has 0 aliphatic carbocycles. The van der Waals surface area contributed by atoms with Crippen LogP contribution in [0.1, 0.15) is 21.5 Å². The number of rotatable bonds is 3. The van der Waals surface area contributed by atoms with Gasteiger partial charge < -0.3 is 9.68 Å². The van der Waals surface area contributed by atoms with Crippen molar-refractivity contribution in [2.75, 3.05) is 0 Å². The fourth-order valence-corrected chi connectivity index (χ4v) is 2.34. The summed E-state index contributed by atoms with van der Waals surface area (Å²) in [6.07, 6.45) is 0.0981. The molecule has 0 fully saturated rings. The van der Waals surface area contributed by atoms with Crippen molar-refractivity contribution in [3.05, 3.63) is 65.0 Å². The Kier molecular flexibility index (Phi) is 3.38. The van der Waals surface area contributed by atoms with E-state index in [0.29, 0.717) is 12.1 Å². The molecule has 3 rings (SSSR count). The van der Waals surface area contributed by atoms with Gasteiger partial charge in [-0.3, -0.25) is 4.79 Å². The lowest BCUT2D eigenvalue weighted by atomic mass is 9.78. The largest absolute Gasteiger partial charge is 0.491 e. The minimum Gasteiger partial charge on any atom is -0.423 e. The highest BCUT2D eigenvalue weighted by molar-refractivity contribution is 6.61. The molecule has 2 aromatic carbocycles. The van der Waals surface area contributed by atoms with Crippen molar-refractivity contribution >= 4 is 18.4 Å². The second-order valence-corrected chi connectivity index (χ2v) is 4.78. The first kappa shape index (κ1) is 13.0. The van der Waals surface area contributed by atoms with Gasteiger partial charge in [0.25, 0.3) is 0 Å². The summed E-state index contributed by atoms with van der Waals surface area (Å²) in [5.41, 5.74) is 2.43. The van der Waals surface area contributed by atoms with E-state index in [9.17, 15) is 14.2 Å². The molecule has 1 N–H and O–H groups in total. The third-order valence-corrected chi connectivity index (χ3v) is 3.41. The van der Waals surface area contributed by atoms with Crippen molar-refractivity contribution in [2.45, 2.75) is 13.0 Å². The number of hydrogen-bond acceptors (Lipinski definition) is 3. The zero-order valence-electron chi connectivity index (χ0n) is 10.7. The second-order valence-electron chi connectivity index (χ2n) is 4.78. The predicted octanol–water partition coefficient (Wildman–Crippen LogP) is 1.47. The average Bonchev–Trinajstić information content (AvgIpc) is 2.81. The van der Waals surface area contributed by atoms with Gasteiger partial charge in [-0.25, -0.2) is 4.39 Å². The van der Waals surface area contributed by atoms with Crippen LogP contribution in [-0.4, -0.2) is 17.9 Å². The Hall–Kier alpha value is -1.98. The molecule has 0 saturated heterocycles. The molecule has 3 nitrogen and oxygen atoms in total. The molecule has 0 amide bonds. The van der Waals surface area contributed by atoms with E-state index < -0.39 is 12.9 Å². The first-order chi connectivity index (χ1) is 9.65. The fourth-order valence-electron chi connectivity index (χ4n) is 2.34. The monoisotopic (exact) mass is 270 g/mol. The van der Waals surface area contributed by atoms with E-state index in [2.05, 4.69) is 0 Å². The number of ketones is 1. The van der Waals surface area contributed by atoms with Crippen LogP contribution in [0, 0.1) is 5.82 Å². The van der Waals surface area contributed by atoms with Gasteiger partial charge in [0.15, 0.2) is 5.78 Å². The van der Waals surface area contributed by atoms with Crippen LogP contribution in [0.25, 0.3) is 0 Å². The molecule has 1 heterocycles. The van der Waals surface area contributed by atoms with Gasteiger partial charge in [-0.2, -0.15) is 0 Å². The number of carbonyl (C=O) groups is 1. The van der Waals surface area contributed by atoms with Crippen molar-refractivity contribution in [1.82, 2.24) is 0 Å². The fraction of sp³-hybridized carbons (Fsp3) is 0.133. The highest BCUT2D eigenvalue weighted by Gasteiger charge is 2.27. The third kappa shape index (κ3) is 2.38. The van der Waals surface area contributed by atoms with Crippen LogP contribution >= 0.6 is 0 Å². The first-order valence-corrected chi connectivity index (χ1v) is 6.34. The highest BCUT2D eigenvalue weighted by atomic mass is 19.1. The van der Waals surface area contributed by atoms with Gasteiger partial charge in [0.2, 0.25) is 0 Å². The van der Waals surface area contributed by atoms with E-state index >= 15 is 0 Å². The molecule has 0 unspecified atom stereocenters. The van der Waals surface area contributed by atoms with Crippen LogP contribution < -0.4 is 5.46 Å². The Labute approximate surface area is 116 Å². The molecule has 5 heteroatoms. The first-order valence-electron chi connectivity index (χ1n) is 6.34. The zero-order chi connectivity index (χ0) is 14.1. The second kappa shape index (κ2) is 5.19. The van der Waals surface area contributed by atoms with Crippen LogP contribution in [0.5, 0.6) is 0 Å². The number of benzene rings is 2. The molecule has 0 radical (unpaired) electrons. The number of Topliss-reactive ketones (excluding diaryl/α,β-unsaturated/α-hetero) is 1. The lowest BCUT2D eigenvalue weighted by Crippen LogP contribution is -2.28. The summed E-state index contributed by atoms with van der Waals surface area (Å²) in [4.78, 5) is 12.1. The Balaban J connectivity index is 1.84. The summed E-state index contributed by atoms with van der Waals surface area (Å²) in [5, 5.41) is 9.63. The smallest absolute Gasteiger partial charge is 0.423 e. The highest BCUT2D eigenvalue weighted by Crippen LogP contribution is 2.14. The lowest BCUT2D eigenvalue weighted by molar-refractivity contribution is 0.0989. The summed E-state index contributed by atoms with van der Waals surface area (Å²) in [6, 6.07) is 11.3. The molecule has 0 atom stereocenters. The molecule has 0 bridgehead atoms. The van der Waals surface area contributed by atoms with Crippen LogP contribution in [0.4, 0.5) is 4.39 Å². The van der Waals surface area contributed by atoms with Gasteiger partial charge in [-0.05, 0) is 28.7 Å². The van der Waals surface area contributed by atoms with Gasteiger partial charge in [0.1, 0.15) is 5.82 Å². The molecule has 100 valence electrons. The molecular formula is C15H12BFO3. The van der Waals surface area contributed by atoms with Gasteiger partial charge in [-0.15, -0.1) is 0 Å². The van der Waals surface area contributed by atoms with E-state index in [1.165, 1.54) is 12.1 Å². The maximum atomic E-state index is 13.5. The van der Waals surface area contributed by atoms with Gasteiger partial charge >= 0.3 is 7.12 Å². The Morgan fingerprint density at radius 1 is 1.30 bits per heavy atom. The summed E-state index contributed by atoms with van der Waals surface area (Å²) in [6.45, 7) is 0.373. The quantitative estimate of drug-likeness (QED) is 0.678. The number of hydrogen-bond donors (Lipinski definition) is 1. The summed E-state index contributed by atoms with van der Waals surface area (Å²) in [5.74, 6) is -0.793. The SMILES string of the molecule is O=C(Cc1ccc2c(c1)B(O)OC2)c1ccccc1F. The Bertz CT molecular complexity index is 672. The molecule has 1 aliphatic heterocycles. The predicted molar refractivity (Wildman–Crippen MR) is 73.3 cm³/mol. The summed E-state index contributed by atoms with van der Waals surface area (Å²) < 4.78 is 18.6. The van der Waals surface area contributed by atoms with Crippen LogP contribution in [0.15, 0.2) is 42.5 Å². The van der Waals surface area contributed by atoms with Crippen molar-refractivity contribution in [3.63, 3.8) is 0 Å². The molecule has 0 saturated carbocycles. The number of carbonyl (C=O) groups excluding carboxylic acids is 1. The topological polar surface area (TPSA) is 46.5 Å². The standard InChI is InChI=1S/C15H12BFO3/c17-14-4-2-1-3-12(14)15(18)8-10-5-6-11-9-20-16(19)13(11)7-10/h1-7,19H,8-9H2. The van der Waals surface area contributed by atoms with Gasteiger partial charge in [0.05, 0.1) is 12.2 Å². The van der Waals surface area contributed by atoms with Crippen molar-refractivity contribution in [1.29, 1.82) is 0 Å². The van der Waals surface area contributed by atoms with E-state index in [4.69, 9.17) is 4.65 Å². The molecule has 20 heavy (non-hydrogen) atoms. The van der Waals surface area contributed by atoms with E-state index in [-0.39, 0.29) is 17.8 Å². The van der Waals surface area contributed by atoms with Gasteiger partial charge in [0, 0.05) is 6.42 Å². The van der Waals surface area contributed by atoms with Crippen LogP contribution in [0.3, 0.4) is 0 Å². The number of fused-ring (bicyclic) bond motifs is 1. The Morgan fingerprint density at radius 3 is 2.90 bits per heavy atom. The molecule has 1 aliphatic rings. The molecular weight excluding hydrogens is 258 g/mol. The molecule has 0 aromatic heterocycles. The van der Waals surface area contributed by atoms with Crippen molar-refractivity contribution < 1.29 is 18.9 Å². The van der Waals surface area contributed by atoms with E-state index in [1.54, 1.807) is 24.3 Å². The maximum Gasteiger partial charge on any atom is 0.491 e. The number of halogens is 1. The zero-order valence-corrected chi connectivity index (χ0v) is 10.7. The van der Waals surface area contributed by atoms with E-state index in [1.807, 2.05) is 6.07 Å².